The molecule has 3 heteroatoms. The van der Waals surface area contributed by atoms with Crippen molar-refractivity contribution >= 4 is 17.4 Å². The molecule has 88 valence electrons. The molecule has 0 spiro atoms. The maximum Gasteiger partial charge on any atom is 0.118 e. The summed E-state index contributed by atoms with van der Waals surface area (Å²) >= 11 is 1.77. The summed E-state index contributed by atoms with van der Waals surface area (Å²) in [6, 6.07) is 16.0. The minimum atomic E-state index is 0.855. The molecule has 0 fully saturated rings. The Morgan fingerprint density at radius 1 is 1.06 bits per heavy atom. The van der Waals surface area contributed by atoms with E-state index < -0.39 is 0 Å². The lowest BCUT2D eigenvalue weighted by Gasteiger charge is -2.06. The molecule has 0 aromatic heterocycles. The van der Waals surface area contributed by atoms with Gasteiger partial charge in [0.15, 0.2) is 0 Å². The van der Waals surface area contributed by atoms with Crippen LogP contribution in [0.5, 0.6) is 5.75 Å². The number of hydrogen-bond donors (Lipinski definition) is 1. The second-order valence-corrected chi connectivity index (χ2v) is 4.71. The third kappa shape index (κ3) is 3.17. The molecule has 0 aliphatic rings. The number of benzene rings is 2. The fraction of sp³-hybridized carbons (Fsp3) is 0.143. The summed E-state index contributed by atoms with van der Waals surface area (Å²) in [7, 11) is 1.67. The predicted molar refractivity (Wildman–Crippen MR) is 73.4 cm³/mol. The van der Waals surface area contributed by atoms with Crippen molar-refractivity contribution in [3.63, 3.8) is 0 Å². The Balaban J connectivity index is 2.00. The first-order valence-electron chi connectivity index (χ1n) is 5.40. The number of hydrogen-bond acceptors (Lipinski definition) is 3. The molecule has 2 aromatic rings. The van der Waals surface area contributed by atoms with E-state index in [4.69, 9.17) is 10.5 Å². The lowest BCUT2D eigenvalue weighted by atomic mass is 10.2. The SMILES string of the molecule is COc1ccc(SCc2ccccc2N)cc1. The van der Waals surface area contributed by atoms with Gasteiger partial charge < -0.3 is 10.5 Å². The second kappa shape index (κ2) is 5.64. The van der Waals surface area contributed by atoms with Gasteiger partial charge in [-0.25, -0.2) is 0 Å². The maximum absolute atomic E-state index is 5.90. The Hall–Kier alpha value is -1.61. The number of methoxy groups -OCH3 is 1. The van der Waals surface area contributed by atoms with Gasteiger partial charge in [0.05, 0.1) is 7.11 Å². The van der Waals surface area contributed by atoms with Crippen LogP contribution in [0.2, 0.25) is 0 Å². The number of para-hydroxylation sites is 1. The molecule has 0 saturated carbocycles. The highest BCUT2D eigenvalue weighted by Crippen LogP contribution is 2.26. The van der Waals surface area contributed by atoms with Crippen LogP contribution in [0.3, 0.4) is 0 Å². The molecular formula is C14H15NOS. The Morgan fingerprint density at radius 3 is 2.41 bits per heavy atom. The van der Waals surface area contributed by atoms with E-state index in [0.29, 0.717) is 0 Å². The highest BCUT2D eigenvalue weighted by Gasteiger charge is 2.00. The van der Waals surface area contributed by atoms with Gasteiger partial charge in [-0.2, -0.15) is 0 Å². The number of nitrogens with two attached hydrogens (primary N) is 1. The van der Waals surface area contributed by atoms with Gasteiger partial charge in [0.1, 0.15) is 5.75 Å². The number of rotatable bonds is 4. The van der Waals surface area contributed by atoms with Gasteiger partial charge in [-0.1, -0.05) is 18.2 Å². The largest absolute Gasteiger partial charge is 0.497 e. The summed E-state index contributed by atoms with van der Waals surface area (Å²) in [5.41, 5.74) is 7.93. The molecule has 0 aliphatic heterocycles. The van der Waals surface area contributed by atoms with Crippen LogP contribution in [-0.2, 0) is 5.75 Å². The number of anilines is 1. The highest BCUT2D eigenvalue weighted by atomic mass is 32.2. The summed E-state index contributed by atoms with van der Waals surface area (Å²) < 4.78 is 5.12. The summed E-state index contributed by atoms with van der Waals surface area (Å²) in [6.45, 7) is 0. The van der Waals surface area contributed by atoms with Gasteiger partial charge >= 0.3 is 0 Å². The van der Waals surface area contributed by atoms with Crippen molar-refractivity contribution in [1.29, 1.82) is 0 Å². The van der Waals surface area contributed by atoms with Crippen LogP contribution in [-0.4, -0.2) is 7.11 Å². The standard InChI is InChI=1S/C14H15NOS/c1-16-12-6-8-13(9-7-12)17-10-11-4-2-3-5-14(11)15/h2-9H,10,15H2,1H3. The zero-order chi connectivity index (χ0) is 12.1. The van der Waals surface area contributed by atoms with E-state index in [1.165, 1.54) is 10.5 Å². The Morgan fingerprint density at radius 2 is 1.76 bits per heavy atom. The normalized spacial score (nSPS) is 10.2. The quantitative estimate of drug-likeness (QED) is 0.660. The van der Waals surface area contributed by atoms with Crippen LogP contribution < -0.4 is 10.5 Å². The molecular weight excluding hydrogens is 230 g/mol. The molecule has 17 heavy (non-hydrogen) atoms. The molecule has 0 atom stereocenters. The van der Waals surface area contributed by atoms with E-state index in [9.17, 15) is 0 Å². The molecule has 2 rings (SSSR count). The third-order valence-electron chi connectivity index (χ3n) is 2.51. The van der Waals surface area contributed by atoms with Crippen LogP contribution >= 0.6 is 11.8 Å². The minimum Gasteiger partial charge on any atom is -0.497 e. The van der Waals surface area contributed by atoms with Gasteiger partial charge in [0, 0.05) is 16.3 Å². The van der Waals surface area contributed by atoms with Crippen molar-refractivity contribution in [2.24, 2.45) is 0 Å². The highest BCUT2D eigenvalue weighted by molar-refractivity contribution is 7.98. The minimum absolute atomic E-state index is 0.855. The van der Waals surface area contributed by atoms with Crippen LogP contribution in [0.1, 0.15) is 5.56 Å². The maximum atomic E-state index is 5.90. The molecule has 0 aliphatic carbocycles. The van der Waals surface area contributed by atoms with Crippen molar-refractivity contribution in [1.82, 2.24) is 0 Å². The Kier molecular flexibility index (Phi) is 3.94. The lowest BCUT2D eigenvalue weighted by Crippen LogP contribution is -1.91. The summed E-state index contributed by atoms with van der Waals surface area (Å²) in [6.07, 6.45) is 0. The van der Waals surface area contributed by atoms with Gasteiger partial charge in [-0.3, -0.25) is 0 Å². The first-order chi connectivity index (χ1) is 8.29. The van der Waals surface area contributed by atoms with E-state index >= 15 is 0 Å². The molecule has 0 radical (unpaired) electrons. The topological polar surface area (TPSA) is 35.2 Å². The van der Waals surface area contributed by atoms with Crippen molar-refractivity contribution in [3.05, 3.63) is 54.1 Å². The van der Waals surface area contributed by atoms with Gasteiger partial charge in [-0.15, -0.1) is 11.8 Å². The van der Waals surface area contributed by atoms with Gasteiger partial charge in [-0.05, 0) is 35.9 Å². The summed E-state index contributed by atoms with van der Waals surface area (Å²) in [5, 5.41) is 0. The van der Waals surface area contributed by atoms with Crippen molar-refractivity contribution in [3.8, 4) is 5.75 Å². The Labute approximate surface area is 106 Å². The van der Waals surface area contributed by atoms with Crippen molar-refractivity contribution in [2.75, 3.05) is 12.8 Å². The first kappa shape index (κ1) is 11.9. The van der Waals surface area contributed by atoms with E-state index in [2.05, 4.69) is 18.2 Å². The molecule has 0 amide bonds. The molecule has 0 unspecified atom stereocenters. The zero-order valence-corrected chi connectivity index (χ0v) is 10.5. The smallest absolute Gasteiger partial charge is 0.118 e. The van der Waals surface area contributed by atoms with Gasteiger partial charge in [0.25, 0.3) is 0 Å². The monoisotopic (exact) mass is 245 g/mol. The van der Waals surface area contributed by atoms with Crippen LogP contribution in [0, 0.1) is 0 Å². The molecule has 0 saturated heterocycles. The van der Waals surface area contributed by atoms with Crippen LogP contribution in [0.25, 0.3) is 0 Å². The van der Waals surface area contributed by atoms with E-state index in [0.717, 1.165) is 17.2 Å². The van der Waals surface area contributed by atoms with E-state index in [1.54, 1.807) is 18.9 Å². The second-order valence-electron chi connectivity index (χ2n) is 3.66. The van der Waals surface area contributed by atoms with E-state index in [-0.39, 0.29) is 0 Å². The fourth-order valence-corrected chi connectivity index (χ4v) is 2.41. The lowest BCUT2D eigenvalue weighted by molar-refractivity contribution is 0.414. The Bertz CT molecular complexity index is 482. The van der Waals surface area contributed by atoms with Crippen LogP contribution in [0.15, 0.2) is 53.4 Å². The average Bonchev–Trinajstić information content (AvgIpc) is 2.38. The predicted octanol–water partition coefficient (Wildman–Crippen LogP) is 3.57. The van der Waals surface area contributed by atoms with Crippen molar-refractivity contribution in [2.45, 2.75) is 10.6 Å². The van der Waals surface area contributed by atoms with E-state index in [1.807, 2.05) is 30.3 Å². The molecule has 0 bridgehead atoms. The summed E-state index contributed by atoms with van der Waals surface area (Å²) in [4.78, 5) is 1.22. The molecule has 2 N–H and O–H groups in total. The molecule has 2 aromatic carbocycles. The average molecular weight is 245 g/mol. The van der Waals surface area contributed by atoms with Crippen molar-refractivity contribution < 1.29 is 4.74 Å². The first-order valence-corrected chi connectivity index (χ1v) is 6.38. The third-order valence-corrected chi connectivity index (χ3v) is 3.57. The molecule has 0 heterocycles. The fourth-order valence-electron chi connectivity index (χ4n) is 1.50. The number of ether oxygens (including phenoxy) is 1. The number of nitrogen functional groups attached to an aromatic ring is 1. The summed E-state index contributed by atoms with van der Waals surface area (Å²) in [5.74, 6) is 1.77. The zero-order valence-electron chi connectivity index (χ0n) is 9.72. The van der Waals surface area contributed by atoms with Gasteiger partial charge in [0.2, 0.25) is 0 Å². The number of thioether (sulfide) groups is 1. The van der Waals surface area contributed by atoms with Crippen LogP contribution in [0.4, 0.5) is 5.69 Å². The molecule has 2 nitrogen and oxygen atoms in total.